The van der Waals surface area contributed by atoms with Crippen LogP contribution in [0.5, 0.6) is 5.75 Å². The smallest absolute Gasteiger partial charge is 0.261 e. The zero-order chi connectivity index (χ0) is 24.1. The molecule has 0 radical (unpaired) electrons. The second-order valence-corrected chi connectivity index (χ2v) is 10.3. The highest BCUT2D eigenvalue weighted by Crippen LogP contribution is 2.28. The van der Waals surface area contributed by atoms with Crippen LogP contribution in [0.1, 0.15) is 34.1 Å². The predicted octanol–water partition coefficient (Wildman–Crippen LogP) is 3.97. The number of aromatic hydroxyl groups is 1. The van der Waals surface area contributed by atoms with Crippen LogP contribution < -0.4 is 15.4 Å². The van der Waals surface area contributed by atoms with Gasteiger partial charge in [0.2, 0.25) is 11.8 Å². The van der Waals surface area contributed by atoms with Gasteiger partial charge in [0.25, 0.3) is 10.0 Å². The van der Waals surface area contributed by atoms with Gasteiger partial charge in [0.05, 0.1) is 16.3 Å². The molecule has 2 amide bonds. The standard InChI is InChI=1S/C22H28ClN3O5S/c1-13(2)10-20(28)25-21(14(3)4)22(29)24-18-12-17(8-9-19(18)27)32(30,31)26-16-7-5-6-15(23)11-16/h5-9,11-14,21,26-27H,10H2,1-4H3,(H,24,29)(H,25,28). The summed E-state index contributed by atoms with van der Waals surface area (Å²) in [6.07, 6.45) is 0.269. The zero-order valence-electron chi connectivity index (χ0n) is 18.3. The number of hydrogen-bond donors (Lipinski definition) is 4. The van der Waals surface area contributed by atoms with Crippen LogP contribution in [0.2, 0.25) is 5.02 Å². The molecule has 2 aromatic rings. The topological polar surface area (TPSA) is 125 Å². The van der Waals surface area contributed by atoms with Crippen molar-refractivity contribution in [3.05, 3.63) is 47.5 Å². The molecule has 0 aliphatic carbocycles. The number of amides is 2. The van der Waals surface area contributed by atoms with Gasteiger partial charge < -0.3 is 15.7 Å². The summed E-state index contributed by atoms with van der Waals surface area (Å²) in [6.45, 7) is 7.34. The average Bonchev–Trinajstić information content (AvgIpc) is 2.66. The molecule has 4 N–H and O–H groups in total. The lowest BCUT2D eigenvalue weighted by Gasteiger charge is -2.22. The van der Waals surface area contributed by atoms with Crippen molar-refractivity contribution in [2.45, 2.75) is 45.1 Å². The Hall–Kier alpha value is -2.78. The van der Waals surface area contributed by atoms with Crippen molar-refractivity contribution in [1.82, 2.24) is 5.32 Å². The van der Waals surface area contributed by atoms with Gasteiger partial charge in [-0.1, -0.05) is 45.4 Å². The van der Waals surface area contributed by atoms with E-state index in [0.717, 1.165) is 6.07 Å². The van der Waals surface area contributed by atoms with Crippen LogP contribution >= 0.6 is 11.6 Å². The van der Waals surface area contributed by atoms with Gasteiger partial charge in [0.1, 0.15) is 11.8 Å². The normalized spacial score (nSPS) is 12.5. The van der Waals surface area contributed by atoms with Crippen LogP contribution in [0.25, 0.3) is 0 Å². The first-order chi connectivity index (χ1) is 14.9. The van der Waals surface area contributed by atoms with Crippen molar-refractivity contribution in [2.24, 2.45) is 11.8 Å². The molecule has 0 saturated carbocycles. The first kappa shape index (κ1) is 25.5. The van der Waals surface area contributed by atoms with Crippen LogP contribution in [-0.2, 0) is 19.6 Å². The number of benzene rings is 2. The van der Waals surface area contributed by atoms with Crippen molar-refractivity contribution in [2.75, 3.05) is 10.0 Å². The summed E-state index contributed by atoms with van der Waals surface area (Å²) in [5.41, 5.74) is 0.177. The summed E-state index contributed by atoms with van der Waals surface area (Å²) < 4.78 is 27.9. The summed E-state index contributed by atoms with van der Waals surface area (Å²) in [7, 11) is -4.02. The van der Waals surface area contributed by atoms with Crippen molar-refractivity contribution >= 4 is 44.8 Å². The van der Waals surface area contributed by atoms with Gasteiger partial charge in [-0.15, -0.1) is 0 Å². The molecule has 2 aromatic carbocycles. The van der Waals surface area contributed by atoms with E-state index in [1.54, 1.807) is 32.0 Å². The molecular weight excluding hydrogens is 454 g/mol. The van der Waals surface area contributed by atoms with Gasteiger partial charge in [-0.3, -0.25) is 14.3 Å². The lowest BCUT2D eigenvalue weighted by atomic mass is 10.0. The zero-order valence-corrected chi connectivity index (χ0v) is 19.9. The van der Waals surface area contributed by atoms with E-state index >= 15 is 0 Å². The van der Waals surface area contributed by atoms with Crippen molar-refractivity contribution in [1.29, 1.82) is 0 Å². The molecular formula is C22H28ClN3O5S. The third-order valence-corrected chi connectivity index (χ3v) is 6.09. The van der Waals surface area contributed by atoms with E-state index < -0.39 is 22.0 Å². The third-order valence-electron chi connectivity index (χ3n) is 4.47. The summed E-state index contributed by atoms with van der Waals surface area (Å²) in [6, 6.07) is 8.88. The minimum atomic E-state index is -4.02. The van der Waals surface area contributed by atoms with Gasteiger partial charge in [-0.05, 0) is 48.2 Å². The second kappa shape index (κ2) is 10.7. The van der Waals surface area contributed by atoms with Gasteiger partial charge in [0.15, 0.2) is 0 Å². The third kappa shape index (κ3) is 7.13. The highest BCUT2D eigenvalue weighted by molar-refractivity contribution is 7.92. The Balaban J connectivity index is 2.24. The van der Waals surface area contributed by atoms with Crippen molar-refractivity contribution < 1.29 is 23.1 Å². The molecule has 0 spiro atoms. The van der Waals surface area contributed by atoms with E-state index in [4.69, 9.17) is 11.6 Å². The summed E-state index contributed by atoms with van der Waals surface area (Å²) in [5.74, 6) is -1.24. The fraction of sp³-hybridized carbons (Fsp3) is 0.364. The predicted molar refractivity (Wildman–Crippen MR) is 125 cm³/mol. The Labute approximate surface area is 193 Å². The quantitative estimate of drug-likeness (QED) is 0.403. The molecule has 1 unspecified atom stereocenters. The molecule has 0 bridgehead atoms. The first-order valence-corrected chi connectivity index (χ1v) is 12.0. The van der Waals surface area contributed by atoms with E-state index in [-0.39, 0.29) is 46.2 Å². The molecule has 0 heterocycles. The Morgan fingerprint density at radius 3 is 2.34 bits per heavy atom. The van der Waals surface area contributed by atoms with Gasteiger partial charge in [-0.2, -0.15) is 0 Å². The number of phenols is 1. The van der Waals surface area contributed by atoms with E-state index in [1.807, 2.05) is 13.8 Å². The number of phenolic OH excluding ortho intramolecular Hbond substituents is 1. The Morgan fingerprint density at radius 2 is 1.75 bits per heavy atom. The number of sulfonamides is 1. The fourth-order valence-corrected chi connectivity index (χ4v) is 4.16. The molecule has 8 nitrogen and oxygen atoms in total. The van der Waals surface area contributed by atoms with Crippen LogP contribution in [0.3, 0.4) is 0 Å². The number of halogens is 1. The fourth-order valence-electron chi connectivity index (χ4n) is 2.90. The van der Waals surface area contributed by atoms with Gasteiger partial charge in [-0.25, -0.2) is 8.42 Å². The van der Waals surface area contributed by atoms with Crippen molar-refractivity contribution in [3.8, 4) is 5.75 Å². The van der Waals surface area contributed by atoms with Crippen molar-refractivity contribution in [3.63, 3.8) is 0 Å². The number of carbonyl (C=O) groups is 2. The summed E-state index contributed by atoms with van der Waals surface area (Å²) in [5, 5.41) is 15.7. The van der Waals surface area contributed by atoms with Crippen LogP contribution in [0, 0.1) is 11.8 Å². The van der Waals surface area contributed by atoms with E-state index in [1.165, 1.54) is 18.2 Å². The number of anilines is 2. The number of rotatable bonds is 9. The molecule has 2 rings (SSSR count). The SMILES string of the molecule is CC(C)CC(=O)NC(C(=O)Nc1cc(S(=O)(=O)Nc2cccc(Cl)c2)ccc1O)C(C)C. The van der Waals surface area contributed by atoms with Crippen LogP contribution in [-0.4, -0.2) is 31.4 Å². The molecule has 32 heavy (non-hydrogen) atoms. The van der Waals surface area contributed by atoms with E-state index in [0.29, 0.717) is 5.02 Å². The summed E-state index contributed by atoms with van der Waals surface area (Å²) >= 11 is 5.90. The maximum atomic E-state index is 12.8. The first-order valence-electron chi connectivity index (χ1n) is 10.1. The number of carbonyl (C=O) groups excluding carboxylic acids is 2. The molecule has 0 aromatic heterocycles. The Kier molecular flexibility index (Phi) is 8.51. The van der Waals surface area contributed by atoms with Crippen LogP contribution in [0.15, 0.2) is 47.4 Å². The highest BCUT2D eigenvalue weighted by Gasteiger charge is 2.26. The summed E-state index contributed by atoms with van der Waals surface area (Å²) in [4.78, 5) is 24.8. The molecule has 0 aliphatic rings. The number of hydrogen-bond acceptors (Lipinski definition) is 5. The lowest BCUT2D eigenvalue weighted by molar-refractivity contribution is -0.127. The van der Waals surface area contributed by atoms with E-state index in [2.05, 4.69) is 15.4 Å². The van der Waals surface area contributed by atoms with Gasteiger partial charge >= 0.3 is 0 Å². The molecule has 10 heteroatoms. The van der Waals surface area contributed by atoms with Gasteiger partial charge in [0, 0.05) is 11.4 Å². The molecule has 1 atom stereocenters. The van der Waals surface area contributed by atoms with Crippen LogP contribution in [0.4, 0.5) is 11.4 Å². The monoisotopic (exact) mass is 481 g/mol. The lowest BCUT2D eigenvalue weighted by Crippen LogP contribution is -2.47. The second-order valence-electron chi connectivity index (χ2n) is 8.17. The largest absolute Gasteiger partial charge is 0.506 e. The molecule has 0 saturated heterocycles. The maximum absolute atomic E-state index is 12.8. The minimum absolute atomic E-state index is 0.0901. The Bertz CT molecular complexity index is 1090. The Morgan fingerprint density at radius 1 is 1.06 bits per heavy atom. The maximum Gasteiger partial charge on any atom is 0.261 e. The highest BCUT2D eigenvalue weighted by atomic mass is 35.5. The minimum Gasteiger partial charge on any atom is -0.506 e. The molecule has 0 aliphatic heterocycles. The van der Waals surface area contributed by atoms with E-state index in [9.17, 15) is 23.1 Å². The average molecular weight is 482 g/mol. The molecule has 174 valence electrons. The molecule has 0 fully saturated rings. The number of nitrogens with one attached hydrogen (secondary N) is 3.